The summed E-state index contributed by atoms with van der Waals surface area (Å²) in [6.45, 7) is 8.48. The van der Waals surface area contributed by atoms with Gasteiger partial charge in [0, 0.05) is 23.8 Å². The van der Waals surface area contributed by atoms with Crippen molar-refractivity contribution in [3.05, 3.63) is 32.6 Å². The van der Waals surface area contributed by atoms with Crippen LogP contribution in [0.2, 0.25) is 0 Å². The highest BCUT2D eigenvalue weighted by molar-refractivity contribution is 7.52. The van der Waals surface area contributed by atoms with Crippen molar-refractivity contribution in [1.82, 2.24) is 9.55 Å². The van der Waals surface area contributed by atoms with Gasteiger partial charge in [0.15, 0.2) is 0 Å². The summed E-state index contributed by atoms with van der Waals surface area (Å²) in [6, 6.07) is 0. The Hall–Kier alpha value is -1.25. The molecule has 0 aliphatic carbocycles. The van der Waals surface area contributed by atoms with E-state index in [9.17, 15) is 19.0 Å². The van der Waals surface area contributed by atoms with Crippen molar-refractivity contribution in [2.45, 2.75) is 71.2 Å². The number of ether oxygens (including phenoxy) is 2. The summed E-state index contributed by atoms with van der Waals surface area (Å²) in [5, 5.41) is 0. The summed E-state index contributed by atoms with van der Waals surface area (Å²) in [4.78, 5) is 38.0. The molecule has 1 aliphatic rings. The number of H-pyrrole nitrogens is 1. The Morgan fingerprint density at radius 3 is 2.62 bits per heavy atom. The molecule has 1 unspecified atom stereocenters. The number of rotatable bonds is 7. The van der Waals surface area contributed by atoms with Gasteiger partial charge in [0.2, 0.25) is 0 Å². The van der Waals surface area contributed by atoms with Crippen molar-refractivity contribution in [2.24, 2.45) is 0 Å². The second kappa shape index (κ2) is 8.19. The lowest BCUT2D eigenvalue weighted by atomic mass is 10.2. The Bertz CT molecular complexity index is 786. The van der Waals surface area contributed by atoms with Crippen molar-refractivity contribution in [3.8, 4) is 0 Å². The highest BCUT2D eigenvalue weighted by Crippen LogP contribution is 2.47. The summed E-state index contributed by atoms with van der Waals surface area (Å²) in [5.74, 6) is 0. The number of aromatic amines is 1. The van der Waals surface area contributed by atoms with Crippen LogP contribution >= 0.6 is 7.60 Å². The minimum atomic E-state index is -4.08. The largest absolute Gasteiger partial charge is 0.778 e. The van der Waals surface area contributed by atoms with Crippen molar-refractivity contribution in [3.63, 3.8) is 0 Å². The second-order valence-corrected chi connectivity index (χ2v) is 9.33. The van der Waals surface area contributed by atoms with Crippen LogP contribution < -0.4 is 16.1 Å². The highest BCUT2D eigenvalue weighted by atomic mass is 31.2. The number of nitrogens with one attached hydrogen (secondary N) is 1. The van der Waals surface area contributed by atoms with Crippen LogP contribution in [-0.2, 0) is 18.6 Å². The Morgan fingerprint density at radius 1 is 1.38 bits per heavy atom. The third-order valence-corrected chi connectivity index (χ3v) is 5.97. The van der Waals surface area contributed by atoms with E-state index >= 15 is 0 Å². The first-order valence-electron chi connectivity index (χ1n) is 8.59. The molecular formula is C16H26N2O7P-. The minimum Gasteiger partial charge on any atom is -0.778 e. The van der Waals surface area contributed by atoms with E-state index in [1.165, 1.54) is 24.6 Å². The van der Waals surface area contributed by atoms with Gasteiger partial charge in [-0.05, 0) is 20.8 Å². The molecule has 1 aromatic heterocycles. The summed E-state index contributed by atoms with van der Waals surface area (Å²) >= 11 is 0. The van der Waals surface area contributed by atoms with Gasteiger partial charge < -0.3 is 23.5 Å². The van der Waals surface area contributed by atoms with E-state index in [1.807, 2.05) is 13.8 Å². The quantitative estimate of drug-likeness (QED) is 0.688. The van der Waals surface area contributed by atoms with E-state index < -0.39 is 42.9 Å². The summed E-state index contributed by atoms with van der Waals surface area (Å²) in [7, 11) is -4.08. The monoisotopic (exact) mass is 389 g/mol. The first kappa shape index (κ1) is 21.1. The van der Waals surface area contributed by atoms with Crippen molar-refractivity contribution in [1.29, 1.82) is 0 Å². The fourth-order valence-electron chi connectivity index (χ4n) is 2.53. The maximum atomic E-state index is 12.2. The van der Waals surface area contributed by atoms with Crippen LogP contribution in [0.4, 0.5) is 0 Å². The fraction of sp³-hybridized carbons (Fsp3) is 0.750. The number of hydrogen-bond acceptors (Lipinski definition) is 7. The van der Waals surface area contributed by atoms with Crippen LogP contribution in [-0.4, -0.2) is 40.1 Å². The second-order valence-electron chi connectivity index (χ2n) is 7.00. The van der Waals surface area contributed by atoms with Crippen LogP contribution in [0.3, 0.4) is 0 Å². The molecule has 0 saturated carbocycles. The van der Waals surface area contributed by atoms with Gasteiger partial charge in [-0.15, -0.1) is 0 Å². The summed E-state index contributed by atoms with van der Waals surface area (Å²) < 4.78 is 30.2. The third-order valence-electron chi connectivity index (χ3n) is 4.15. The van der Waals surface area contributed by atoms with Crippen LogP contribution in [0.25, 0.3) is 0 Å². The van der Waals surface area contributed by atoms with Gasteiger partial charge in [0.05, 0.1) is 18.8 Å². The molecular weight excluding hydrogens is 363 g/mol. The lowest BCUT2D eigenvalue weighted by molar-refractivity contribution is -0.207. The average Bonchev–Trinajstić information content (AvgIpc) is 2.90. The first-order valence-corrected chi connectivity index (χ1v) is 10.2. The van der Waals surface area contributed by atoms with E-state index in [0.29, 0.717) is 5.56 Å². The Labute approximate surface area is 151 Å². The molecule has 2 rings (SSSR count). The zero-order valence-corrected chi connectivity index (χ0v) is 16.5. The van der Waals surface area contributed by atoms with Gasteiger partial charge in [-0.2, -0.15) is 0 Å². The van der Waals surface area contributed by atoms with Crippen LogP contribution in [0, 0.1) is 6.92 Å². The molecule has 0 spiro atoms. The van der Waals surface area contributed by atoms with E-state index in [4.69, 9.17) is 14.0 Å². The standard InChI is InChI=1S/C16H27N2O7P/c1-9(2)23-8-13-12(25-26(21,22)10(3)4)6-14(24-13)18-7-11(5)15(19)17-16(18)20/h7,9-10,12-14H,6,8H2,1-5H3,(H,21,22)(H,17,19,20)/p-1/t12-,13-,14-/m1/s1. The lowest BCUT2D eigenvalue weighted by Crippen LogP contribution is -2.33. The van der Waals surface area contributed by atoms with Gasteiger partial charge in [0.25, 0.3) is 5.56 Å². The van der Waals surface area contributed by atoms with Crippen LogP contribution in [0.1, 0.15) is 45.9 Å². The number of aromatic nitrogens is 2. The maximum Gasteiger partial charge on any atom is 0.330 e. The van der Waals surface area contributed by atoms with Gasteiger partial charge >= 0.3 is 5.69 Å². The molecule has 0 aromatic carbocycles. The minimum absolute atomic E-state index is 0.0690. The summed E-state index contributed by atoms with van der Waals surface area (Å²) in [5.41, 5.74) is -1.42. The number of nitrogens with zero attached hydrogens (tertiary/aromatic N) is 1. The predicted molar refractivity (Wildman–Crippen MR) is 93.3 cm³/mol. The SMILES string of the molecule is Cc1cn([C@H]2C[C@@H](OP(=O)([O-])C(C)C)[C@@H](COC(C)C)O2)c(=O)[nH]c1=O. The smallest absolute Gasteiger partial charge is 0.330 e. The topological polar surface area (TPSA) is 123 Å². The zero-order valence-electron chi connectivity index (χ0n) is 15.6. The van der Waals surface area contributed by atoms with Gasteiger partial charge in [-0.1, -0.05) is 13.8 Å². The molecule has 2 heterocycles. The molecule has 1 N–H and O–H groups in total. The molecule has 0 radical (unpaired) electrons. The highest BCUT2D eigenvalue weighted by Gasteiger charge is 2.40. The van der Waals surface area contributed by atoms with E-state index in [1.54, 1.807) is 6.92 Å². The Balaban J connectivity index is 2.26. The van der Waals surface area contributed by atoms with Crippen molar-refractivity contribution < 1.29 is 23.5 Å². The molecule has 1 fully saturated rings. The maximum absolute atomic E-state index is 12.2. The molecule has 10 heteroatoms. The lowest BCUT2D eigenvalue weighted by Gasteiger charge is -2.31. The Kier molecular flexibility index (Phi) is 6.63. The molecule has 0 amide bonds. The van der Waals surface area contributed by atoms with Gasteiger partial charge in [-0.3, -0.25) is 14.3 Å². The molecule has 9 nitrogen and oxygen atoms in total. The molecule has 1 aromatic rings. The normalized spacial score (nSPS) is 25.8. The van der Waals surface area contributed by atoms with Crippen molar-refractivity contribution >= 4 is 7.60 Å². The van der Waals surface area contributed by atoms with Crippen molar-refractivity contribution in [2.75, 3.05) is 6.61 Å². The average molecular weight is 389 g/mol. The number of aryl methyl sites for hydroxylation is 1. The van der Waals surface area contributed by atoms with Crippen LogP contribution in [0.15, 0.2) is 15.8 Å². The molecule has 1 saturated heterocycles. The van der Waals surface area contributed by atoms with E-state index in [0.717, 1.165) is 0 Å². The predicted octanol–water partition coefficient (Wildman–Crippen LogP) is 0.905. The van der Waals surface area contributed by atoms with Crippen LogP contribution in [0.5, 0.6) is 0 Å². The molecule has 26 heavy (non-hydrogen) atoms. The molecule has 148 valence electrons. The number of hydrogen-bond donors (Lipinski definition) is 1. The molecule has 0 bridgehead atoms. The van der Waals surface area contributed by atoms with Gasteiger partial charge in [0.1, 0.15) is 19.9 Å². The van der Waals surface area contributed by atoms with E-state index in [2.05, 4.69) is 4.98 Å². The summed E-state index contributed by atoms with van der Waals surface area (Å²) in [6.07, 6.45) is -0.702. The third kappa shape index (κ3) is 4.92. The fourth-order valence-corrected chi connectivity index (χ4v) is 3.37. The first-order chi connectivity index (χ1) is 12.0. The molecule has 4 atom stereocenters. The molecule has 1 aliphatic heterocycles. The van der Waals surface area contributed by atoms with Gasteiger partial charge in [-0.25, -0.2) is 4.79 Å². The Morgan fingerprint density at radius 2 is 2.04 bits per heavy atom. The van der Waals surface area contributed by atoms with E-state index in [-0.39, 0.29) is 19.1 Å². The zero-order chi connectivity index (χ0) is 19.6.